The Bertz CT molecular complexity index is 980. The van der Waals surface area contributed by atoms with Gasteiger partial charge in [-0.2, -0.15) is 0 Å². The van der Waals surface area contributed by atoms with E-state index >= 15 is 0 Å². The number of esters is 1. The average Bonchev–Trinajstić information content (AvgIpc) is 3.47. The predicted octanol–water partition coefficient (Wildman–Crippen LogP) is 2.61. The van der Waals surface area contributed by atoms with Gasteiger partial charge in [-0.1, -0.05) is 44.9 Å². The van der Waals surface area contributed by atoms with E-state index in [9.17, 15) is 24.9 Å². The molecule has 6 unspecified atom stereocenters. The summed E-state index contributed by atoms with van der Waals surface area (Å²) in [6, 6.07) is -0.664. The molecule has 44 heavy (non-hydrogen) atoms. The maximum absolute atomic E-state index is 13.3. The fraction of sp³-hybridized carbons (Fsp3) is 0.818. The molecule has 3 aliphatic rings. The molecule has 11 atom stereocenters. The van der Waals surface area contributed by atoms with Crippen LogP contribution in [0.15, 0.2) is 23.8 Å². The summed E-state index contributed by atoms with van der Waals surface area (Å²) in [5, 5.41) is 33.4. The molecule has 0 radical (unpaired) electrons. The smallest absolute Gasteiger partial charge is 0.308 e. The molecular formula is C33H55NO10. The first-order valence-corrected chi connectivity index (χ1v) is 16.1. The minimum absolute atomic E-state index is 0.0117. The SMILES string of the molecule is CCCC1C=C(C)C=CC(=O)C(C)CC(CC2OCCO2)C(O[C@@H]2O[C@H](C)[C@@H](O)[C@H](N(C)C)[C@H]2O)C(C)C(O)CC(=O)OC1. The number of ketones is 1. The van der Waals surface area contributed by atoms with Crippen molar-refractivity contribution in [1.82, 2.24) is 4.90 Å². The molecule has 0 spiro atoms. The van der Waals surface area contributed by atoms with E-state index in [1.165, 1.54) is 0 Å². The van der Waals surface area contributed by atoms with Crippen molar-refractivity contribution < 1.29 is 48.6 Å². The van der Waals surface area contributed by atoms with Gasteiger partial charge in [-0.25, -0.2) is 0 Å². The summed E-state index contributed by atoms with van der Waals surface area (Å²) in [6.45, 7) is 10.4. The third kappa shape index (κ3) is 10.2. The second-order valence-corrected chi connectivity index (χ2v) is 13.1. The minimum Gasteiger partial charge on any atom is -0.465 e. The van der Waals surface area contributed by atoms with Crippen molar-refractivity contribution >= 4 is 11.8 Å². The molecular weight excluding hydrogens is 570 g/mol. The largest absolute Gasteiger partial charge is 0.465 e. The molecule has 3 heterocycles. The highest BCUT2D eigenvalue weighted by molar-refractivity contribution is 5.91. The molecule has 11 nitrogen and oxygen atoms in total. The number of cyclic esters (lactones) is 1. The first-order chi connectivity index (χ1) is 20.8. The van der Waals surface area contributed by atoms with Gasteiger partial charge in [0.25, 0.3) is 0 Å². The van der Waals surface area contributed by atoms with E-state index < -0.39 is 66.9 Å². The van der Waals surface area contributed by atoms with Crippen molar-refractivity contribution in [2.45, 2.75) is 116 Å². The molecule has 0 aliphatic carbocycles. The molecule has 11 heteroatoms. The first kappa shape index (κ1) is 36.8. The Kier molecular flexibility index (Phi) is 14.4. The van der Waals surface area contributed by atoms with Gasteiger partial charge in [-0.3, -0.25) is 9.59 Å². The molecule has 0 aromatic rings. The Hall–Kier alpha value is -1.70. The van der Waals surface area contributed by atoms with Crippen LogP contribution in [0.25, 0.3) is 0 Å². The number of likely N-dealkylation sites (N-methyl/N-ethyl adjacent to an activating group) is 1. The number of carbonyl (C=O) groups excluding carboxylic acids is 2. The third-order valence-electron chi connectivity index (χ3n) is 9.12. The van der Waals surface area contributed by atoms with Crippen LogP contribution in [0.4, 0.5) is 0 Å². The van der Waals surface area contributed by atoms with E-state index in [2.05, 4.69) is 6.92 Å². The lowest BCUT2D eigenvalue weighted by atomic mass is 9.79. The van der Waals surface area contributed by atoms with Crippen molar-refractivity contribution in [1.29, 1.82) is 0 Å². The van der Waals surface area contributed by atoms with Gasteiger partial charge in [0.05, 0.1) is 56.7 Å². The van der Waals surface area contributed by atoms with Gasteiger partial charge in [0.1, 0.15) is 6.10 Å². The molecule has 3 N–H and O–H groups in total. The van der Waals surface area contributed by atoms with E-state index in [1.807, 2.05) is 19.9 Å². The van der Waals surface area contributed by atoms with Crippen LogP contribution in [0.2, 0.25) is 0 Å². The molecule has 2 fully saturated rings. The Morgan fingerprint density at radius 3 is 2.34 bits per heavy atom. The molecule has 252 valence electrons. The zero-order valence-electron chi connectivity index (χ0n) is 27.5. The third-order valence-corrected chi connectivity index (χ3v) is 9.12. The quantitative estimate of drug-likeness (QED) is 0.359. The van der Waals surface area contributed by atoms with Crippen molar-refractivity contribution in [2.75, 3.05) is 33.9 Å². The summed E-state index contributed by atoms with van der Waals surface area (Å²) >= 11 is 0. The van der Waals surface area contributed by atoms with Gasteiger partial charge in [-0.05, 0) is 52.8 Å². The van der Waals surface area contributed by atoms with Crippen LogP contribution in [0, 0.1) is 23.7 Å². The molecule has 2 saturated heterocycles. The summed E-state index contributed by atoms with van der Waals surface area (Å²) in [6.07, 6.45) is 1.21. The van der Waals surface area contributed by atoms with Crippen LogP contribution in [-0.4, -0.2) is 115 Å². The number of ether oxygens (including phenoxy) is 5. The van der Waals surface area contributed by atoms with Gasteiger partial charge in [-0.15, -0.1) is 0 Å². The molecule has 3 aliphatic heterocycles. The molecule has 0 aromatic carbocycles. The highest BCUT2D eigenvalue weighted by Crippen LogP contribution is 2.36. The Balaban J connectivity index is 1.99. The lowest BCUT2D eigenvalue weighted by molar-refractivity contribution is -0.305. The van der Waals surface area contributed by atoms with Crippen LogP contribution < -0.4 is 0 Å². The van der Waals surface area contributed by atoms with E-state index in [4.69, 9.17) is 23.7 Å². The number of allylic oxidation sites excluding steroid dienone is 3. The summed E-state index contributed by atoms with van der Waals surface area (Å²) < 4.78 is 29.7. The second-order valence-electron chi connectivity index (χ2n) is 13.1. The lowest BCUT2D eigenvalue weighted by Crippen LogP contribution is -2.63. The predicted molar refractivity (Wildman–Crippen MR) is 163 cm³/mol. The van der Waals surface area contributed by atoms with Gasteiger partial charge < -0.3 is 43.9 Å². The lowest BCUT2D eigenvalue weighted by Gasteiger charge is -2.46. The average molecular weight is 626 g/mol. The highest BCUT2D eigenvalue weighted by atomic mass is 16.7. The van der Waals surface area contributed by atoms with Crippen molar-refractivity contribution in [3.63, 3.8) is 0 Å². The van der Waals surface area contributed by atoms with E-state index in [0.29, 0.717) is 26.1 Å². The first-order valence-electron chi connectivity index (χ1n) is 16.1. The van der Waals surface area contributed by atoms with E-state index in [0.717, 1.165) is 18.4 Å². The van der Waals surface area contributed by atoms with Crippen LogP contribution in [0.5, 0.6) is 0 Å². The number of nitrogens with zero attached hydrogens (tertiary/aromatic N) is 1. The van der Waals surface area contributed by atoms with Gasteiger partial charge in [0.15, 0.2) is 18.4 Å². The second kappa shape index (κ2) is 17.3. The normalized spacial score (nSPS) is 39.0. The Morgan fingerprint density at radius 1 is 1.02 bits per heavy atom. The minimum atomic E-state index is -1.21. The van der Waals surface area contributed by atoms with E-state index in [1.54, 1.807) is 45.0 Å². The van der Waals surface area contributed by atoms with Gasteiger partial charge >= 0.3 is 5.97 Å². The van der Waals surface area contributed by atoms with Crippen molar-refractivity contribution in [2.24, 2.45) is 23.7 Å². The number of aliphatic hydroxyl groups excluding tert-OH is 3. The number of hydrogen-bond donors (Lipinski definition) is 3. The standard InChI is InChI=1S/C33H55NO10/c1-8-9-23-14-19(2)10-11-25(35)20(3)15-24(16-28-40-12-13-41-28)32(21(4)26(36)17-27(37)42-18-23)44-33-31(39)29(34(6)7)30(38)22(5)43-33/h10-11,14,20-24,26,28-33,36,38-39H,8-9,12-13,15-18H2,1-7H3/t20?,21?,22-,23?,24?,26?,29+,30-,31-,32?,33+/m1/s1. The number of hydrogen-bond acceptors (Lipinski definition) is 11. The zero-order valence-corrected chi connectivity index (χ0v) is 27.5. The van der Waals surface area contributed by atoms with Gasteiger partial charge in [0, 0.05) is 24.2 Å². The molecule has 0 bridgehead atoms. The fourth-order valence-electron chi connectivity index (χ4n) is 6.51. The highest BCUT2D eigenvalue weighted by Gasteiger charge is 2.47. The number of aliphatic hydroxyl groups is 3. The molecule has 3 rings (SSSR count). The molecule has 0 amide bonds. The van der Waals surface area contributed by atoms with E-state index in [-0.39, 0.29) is 30.6 Å². The van der Waals surface area contributed by atoms with Crippen LogP contribution >= 0.6 is 0 Å². The van der Waals surface area contributed by atoms with Crippen LogP contribution in [0.1, 0.15) is 66.7 Å². The zero-order chi connectivity index (χ0) is 32.6. The summed E-state index contributed by atoms with van der Waals surface area (Å²) in [7, 11) is 3.52. The molecule has 0 saturated carbocycles. The van der Waals surface area contributed by atoms with Crippen LogP contribution in [-0.2, 0) is 33.3 Å². The van der Waals surface area contributed by atoms with Crippen LogP contribution in [0.3, 0.4) is 0 Å². The summed E-state index contributed by atoms with van der Waals surface area (Å²) in [5.74, 6) is -2.00. The molecule has 0 aromatic heterocycles. The Labute approximate surface area is 262 Å². The summed E-state index contributed by atoms with van der Waals surface area (Å²) in [4.78, 5) is 28.0. The van der Waals surface area contributed by atoms with Crippen molar-refractivity contribution in [3.05, 3.63) is 23.8 Å². The fourth-order valence-corrected chi connectivity index (χ4v) is 6.51. The number of rotatable bonds is 7. The Morgan fingerprint density at radius 2 is 1.70 bits per heavy atom. The maximum Gasteiger partial charge on any atom is 0.308 e. The van der Waals surface area contributed by atoms with Crippen molar-refractivity contribution in [3.8, 4) is 0 Å². The monoisotopic (exact) mass is 625 g/mol. The summed E-state index contributed by atoms with van der Waals surface area (Å²) in [5.41, 5.74) is 0.904. The van der Waals surface area contributed by atoms with Gasteiger partial charge in [0.2, 0.25) is 0 Å². The maximum atomic E-state index is 13.3. The number of carbonyl (C=O) groups is 2. The topological polar surface area (TPSA) is 144 Å².